The Labute approximate surface area is 150 Å². The Kier molecular flexibility index (Phi) is 5.00. The third-order valence-corrected chi connectivity index (χ3v) is 3.97. The van der Waals surface area contributed by atoms with Gasteiger partial charge in [0.2, 0.25) is 5.91 Å². The van der Waals surface area contributed by atoms with Crippen molar-refractivity contribution in [1.82, 2.24) is 5.01 Å². The first-order valence-electron chi connectivity index (χ1n) is 7.71. The molecule has 25 heavy (non-hydrogen) atoms. The van der Waals surface area contributed by atoms with Crippen molar-refractivity contribution in [3.8, 4) is 11.5 Å². The largest absolute Gasteiger partial charge is 0.454 e. The number of nitrogens with zero attached hydrogens (tertiary/aromatic N) is 2. The molecule has 0 aliphatic carbocycles. The van der Waals surface area contributed by atoms with E-state index in [2.05, 4.69) is 10.4 Å². The molecule has 0 saturated heterocycles. The number of hydrogen-bond acceptors (Lipinski definition) is 4. The van der Waals surface area contributed by atoms with Crippen LogP contribution in [0.3, 0.4) is 0 Å². The molecule has 7 heteroatoms. The molecule has 0 saturated carbocycles. The number of benzene rings is 2. The van der Waals surface area contributed by atoms with E-state index >= 15 is 0 Å². The molecule has 0 fully saturated rings. The summed E-state index contributed by atoms with van der Waals surface area (Å²) in [6, 6.07) is 14.1. The van der Waals surface area contributed by atoms with Crippen LogP contribution in [-0.4, -0.2) is 29.6 Å². The molecule has 6 nitrogen and oxygen atoms in total. The maximum Gasteiger partial charge on any atom is 0.271 e. The minimum atomic E-state index is -0.366. The molecule has 1 aliphatic rings. The maximum absolute atomic E-state index is 12.4. The van der Waals surface area contributed by atoms with E-state index in [9.17, 15) is 9.59 Å². The standard InChI is InChI=1S/C18H16ClN3O3/c1-22-17(23)11-10-14(21-22)18(24)20-13-7-3-5-9-16(13)25-15-8-4-2-6-12(15)19/h2-9H,10-11H2,1H3,(H,20,24). The van der Waals surface area contributed by atoms with Gasteiger partial charge in [0.15, 0.2) is 5.75 Å². The van der Waals surface area contributed by atoms with Crippen molar-refractivity contribution in [2.45, 2.75) is 12.8 Å². The van der Waals surface area contributed by atoms with Gasteiger partial charge < -0.3 is 10.1 Å². The van der Waals surface area contributed by atoms with Crippen LogP contribution in [0, 0.1) is 0 Å². The van der Waals surface area contributed by atoms with E-state index in [-0.39, 0.29) is 18.2 Å². The van der Waals surface area contributed by atoms with E-state index < -0.39 is 0 Å². The van der Waals surface area contributed by atoms with E-state index in [1.165, 1.54) is 12.1 Å². The highest BCUT2D eigenvalue weighted by Crippen LogP contribution is 2.33. The molecule has 0 bridgehead atoms. The zero-order valence-corrected chi connectivity index (χ0v) is 14.3. The highest BCUT2D eigenvalue weighted by Gasteiger charge is 2.22. The van der Waals surface area contributed by atoms with Crippen LogP contribution in [0.15, 0.2) is 53.6 Å². The molecular weight excluding hydrogens is 342 g/mol. The monoisotopic (exact) mass is 357 g/mol. The number of carbonyl (C=O) groups is 2. The zero-order valence-electron chi connectivity index (χ0n) is 13.5. The van der Waals surface area contributed by atoms with Gasteiger partial charge in [-0.25, -0.2) is 5.01 Å². The Hall–Kier alpha value is -2.86. The van der Waals surface area contributed by atoms with E-state index in [1.54, 1.807) is 36.4 Å². The lowest BCUT2D eigenvalue weighted by Gasteiger charge is -2.19. The van der Waals surface area contributed by atoms with Gasteiger partial charge in [-0.2, -0.15) is 5.10 Å². The highest BCUT2D eigenvalue weighted by atomic mass is 35.5. The van der Waals surface area contributed by atoms with Gasteiger partial charge in [-0.3, -0.25) is 9.59 Å². The number of nitrogens with one attached hydrogen (secondary N) is 1. The van der Waals surface area contributed by atoms with Gasteiger partial charge in [0.1, 0.15) is 11.5 Å². The number of rotatable bonds is 4. The number of hydrogen-bond donors (Lipinski definition) is 1. The first-order valence-corrected chi connectivity index (χ1v) is 8.09. The Morgan fingerprint density at radius 1 is 1.12 bits per heavy atom. The second-order valence-corrected chi connectivity index (χ2v) is 5.85. The van der Waals surface area contributed by atoms with Crippen molar-refractivity contribution in [2.75, 3.05) is 12.4 Å². The summed E-state index contributed by atoms with van der Waals surface area (Å²) in [5, 5.41) is 8.45. The lowest BCUT2D eigenvalue weighted by atomic mass is 10.1. The van der Waals surface area contributed by atoms with Crippen molar-refractivity contribution < 1.29 is 14.3 Å². The molecule has 0 unspecified atom stereocenters. The number of ether oxygens (including phenoxy) is 1. The molecule has 2 amide bonds. The van der Waals surface area contributed by atoms with E-state index in [0.717, 1.165) is 0 Å². The summed E-state index contributed by atoms with van der Waals surface area (Å²) in [6.07, 6.45) is 0.572. The molecule has 1 aliphatic heterocycles. The molecule has 0 aromatic heterocycles. The van der Waals surface area contributed by atoms with Crippen molar-refractivity contribution in [2.24, 2.45) is 5.10 Å². The average molecular weight is 358 g/mol. The Morgan fingerprint density at radius 2 is 1.80 bits per heavy atom. The van der Waals surface area contributed by atoms with Gasteiger partial charge in [0.05, 0.1) is 10.7 Å². The quantitative estimate of drug-likeness (QED) is 0.907. The lowest BCUT2D eigenvalue weighted by Crippen LogP contribution is -2.34. The summed E-state index contributed by atoms with van der Waals surface area (Å²) >= 11 is 6.11. The number of hydrazone groups is 1. The van der Waals surface area contributed by atoms with Crippen molar-refractivity contribution in [3.63, 3.8) is 0 Å². The van der Waals surface area contributed by atoms with E-state index in [0.29, 0.717) is 34.3 Å². The third-order valence-electron chi connectivity index (χ3n) is 3.66. The number of carbonyl (C=O) groups excluding carboxylic acids is 2. The molecular formula is C18H16ClN3O3. The molecule has 1 heterocycles. The number of amides is 2. The van der Waals surface area contributed by atoms with Crippen molar-refractivity contribution in [1.29, 1.82) is 0 Å². The van der Waals surface area contributed by atoms with Crippen LogP contribution in [0.4, 0.5) is 5.69 Å². The Morgan fingerprint density at radius 3 is 2.52 bits per heavy atom. The van der Waals surface area contributed by atoms with Crippen LogP contribution in [-0.2, 0) is 9.59 Å². The van der Waals surface area contributed by atoms with Crippen LogP contribution in [0.1, 0.15) is 12.8 Å². The summed E-state index contributed by atoms with van der Waals surface area (Å²) in [5.74, 6) is 0.476. The van der Waals surface area contributed by atoms with Crippen molar-refractivity contribution in [3.05, 3.63) is 53.6 Å². The fraction of sp³-hybridized carbons (Fsp3) is 0.167. The predicted octanol–water partition coefficient (Wildman–Crippen LogP) is 3.68. The third kappa shape index (κ3) is 3.97. The molecule has 0 radical (unpaired) electrons. The topological polar surface area (TPSA) is 71.0 Å². The average Bonchev–Trinajstić information content (AvgIpc) is 2.61. The van der Waals surface area contributed by atoms with Crippen LogP contribution >= 0.6 is 11.6 Å². The van der Waals surface area contributed by atoms with Gasteiger partial charge in [-0.15, -0.1) is 0 Å². The number of anilines is 1. The minimum absolute atomic E-state index is 0.112. The van der Waals surface area contributed by atoms with Crippen LogP contribution in [0.25, 0.3) is 0 Å². The predicted molar refractivity (Wildman–Crippen MR) is 96.0 cm³/mol. The summed E-state index contributed by atoms with van der Waals surface area (Å²) in [4.78, 5) is 23.9. The normalized spacial score (nSPS) is 14.1. The summed E-state index contributed by atoms with van der Waals surface area (Å²) in [7, 11) is 1.53. The van der Waals surface area contributed by atoms with E-state index in [4.69, 9.17) is 16.3 Å². The molecule has 0 atom stereocenters. The molecule has 1 N–H and O–H groups in total. The van der Waals surface area contributed by atoms with Gasteiger partial charge in [0, 0.05) is 19.9 Å². The fourth-order valence-electron chi connectivity index (χ4n) is 2.33. The van der Waals surface area contributed by atoms with Crippen LogP contribution in [0.2, 0.25) is 5.02 Å². The first kappa shape index (κ1) is 17.0. The maximum atomic E-state index is 12.4. The second-order valence-electron chi connectivity index (χ2n) is 5.45. The summed E-state index contributed by atoms with van der Waals surface area (Å²) < 4.78 is 5.82. The van der Waals surface area contributed by atoms with Gasteiger partial charge in [-0.05, 0) is 24.3 Å². The van der Waals surface area contributed by atoms with Crippen LogP contribution in [0.5, 0.6) is 11.5 Å². The van der Waals surface area contributed by atoms with Gasteiger partial charge in [0.25, 0.3) is 5.91 Å². The van der Waals surface area contributed by atoms with Gasteiger partial charge >= 0.3 is 0 Å². The first-order chi connectivity index (χ1) is 12.0. The SMILES string of the molecule is CN1N=C(C(=O)Nc2ccccc2Oc2ccccc2Cl)CCC1=O. The fourth-order valence-corrected chi connectivity index (χ4v) is 2.51. The van der Waals surface area contributed by atoms with E-state index in [1.807, 2.05) is 12.1 Å². The second kappa shape index (κ2) is 7.36. The molecule has 128 valence electrons. The number of para-hydroxylation sites is 3. The van der Waals surface area contributed by atoms with Crippen LogP contribution < -0.4 is 10.1 Å². The lowest BCUT2D eigenvalue weighted by molar-refractivity contribution is -0.130. The summed E-state index contributed by atoms with van der Waals surface area (Å²) in [6.45, 7) is 0. The molecule has 3 rings (SSSR count). The van der Waals surface area contributed by atoms with Crippen molar-refractivity contribution >= 4 is 34.8 Å². The smallest absolute Gasteiger partial charge is 0.271 e. The molecule has 0 spiro atoms. The summed E-state index contributed by atoms with van der Waals surface area (Å²) in [5.41, 5.74) is 0.796. The highest BCUT2D eigenvalue weighted by molar-refractivity contribution is 6.43. The van der Waals surface area contributed by atoms with Gasteiger partial charge in [-0.1, -0.05) is 35.9 Å². The Bertz CT molecular complexity index is 851. The number of halogens is 1. The Balaban J connectivity index is 1.80. The molecule has 2 aromatic carbocycles. The molecule has 2 aromatic rings. The zero-order chi connectivity index (χ0) is 17.8. The minimum Gasteiger partial charge on any atom is -0.454 e.